The average Bonchev–Trinajstić information content (AvgIpc) is 2.82. The van der Waals surface area contributed by atoms with Gasteiger partial charge in [0.1, 0.15) is 17.7 Å². The second kappa shape index (κ2) is 5.07. The maximum Gasteiger partial charge on any atom is 0.145 e. The number of nitrogens with one attached hydrogen (secondary N) is 1. The van der Waals surface area contributed by atoms with Crippen LogP contribution in [0.5, 0.6) is 0 Å². The first-order valence-corrected chi connectivity index (χ1v) is 6.20. The molecular formula is C15H15N5. The van der Waals surface area contributed by atoms with Gasteiger partial charge in [-0.15, -0.1) is 0 Å². The topological polar surface area (TPSA) is 77.4 Å². The van der Waals surface area contributed by atoms with Crippen LogP contribution in [0.25, 0.3) is 11.0 Å². The lowest BCUT2D eigenvalue weighted by atomic mass is 10.1. The first-order valence-electron chi connectivity index (χ1n) is 6.20. The number of rotatable bonds is 2. The van der Waals surface area contributed by atoms with Crippen LogP contribution in [0.1, 0.15) is 20.8 Å². The van der Waals surface area contributed by atoms with Crippen LogP contribution < -0.4 is 5.32 Å². The van der Waals surface area contributed by atoms with Gasteiger partial charge in [0.2, 0.25) is 0 Å². The molecule has 100 valence electrons. The Hall–Kier alpha value is -2.79. The van der Waals surface area contributed by atoms with Crippen LogP contribution >= 0.6 is 0 Å². The van der Waals surface area contributed by atoms with Crippen LogP contribution in [0.2, 0.25) is 0 Å². The third-order valence-electron chi connectivity index (χ3n) is 2.89. The minimum absolute atomic E-state index is 0.0294. The lowest BCUT2D eigenvalue weighted by Crippen LogP contribution is -2.20. The van der Waals surface area contributed by atoms with Gasteiger partial charge in [-0.2, -0.15) is 10.5 Å². The van der Waals surface area contributed by atoms with Crippen LogP contribution in [0.4, 0.5) is 5.69 Å². The Labute approximate surface area is 117 Å². The number of fused-ring (bicyclic) bond motifs is 1. The van der Waals surface area contributed by atoms with E-state index in [4.69, 9.17) is 10.5 Å². The molecule has 0 saturated carbocycles. The Balaban J connectivity index is 2.36. The van der Waals surface area contributed by atoms with E-state index in [-0.39, 0.29) is 11.1 Å². The van der Waals surface area contributed by atoms with Crippen LogP contribution in [0.15, 0.2) is 36.3 Å². The summed E-state index contributed by atoms with van der Waals surface area (Å²) < 4.78 is 2.11. The van der Waals surface area contributed by atoms with Crippen molar-refractivity contribution in [1.29, 1.82) is 10.5 Å². The molecule has 1 heterocycles. The summed E-state index contributed by atoms with van der Waals surface area (Å²) in [5.41, 5.74) is 2.71. The van der Waals surface area contributed by atoms with E-state index in [2.05, 4.69) is 35.6 Å². The molecule has 0 unspecified atom stereocenters. The molecule has 0 aliphatic heterocycles. The summed E-state index contributed by atoms with van der Waals surface area (Å²) in [6.07, 6.45) is 3.21. The van der Waals surface area contributed by atoms with Crippen molar-refractivity contribution >= 4 is 16.7 Å². The van der Waals surface area contributed by atoms with Crippen molar-refractivity contribution in [3.8, 4) is 12.1 Å². The van der Waals surface area contributed by atoms with Gasteiger partial charge in [-0.25, -0.2) is 4.98 Å². The minimum Gasteiger partial charge on any atom is -0.360 e. The van der Waals surface area contributed by atoms with Crippen molar-refractivity contribution in [1.82, 2.24) is 9.55 Å². The van der Waals surface area contributed by atoms with Crippen molar-refractivity contribution in [3.05, 3.63) is 36.3 Å². The van der Waals surface area contributed by atoms with E-state index in [1.165, 1.54) is 6.20 Å². The second-order valence-electron chi connectivity index (χ2n) is 5.41. The summed E-state index contributed by atoms with van der Waals surface area (Å²) in [6, 6.07) is 9.36. The monoisotopic (exact) mass is 265 g/mol. The molecule has 0 saturated heterocycles. The fourth-order valence-electron chi connectivity index (χ4n) is 1.88. The number of nitrogens with zero attached hydrogens (tertiary/aromatic N) is 4. The lowest BCUT2D eigenvalue weighted by molar-refractivity contribution is 0.408. The van der Waals surface area contributed by atoms with Gasteiger partial charge < -0.3 is 9.88 Å². The fraction of sp³-hybridized carbons (Fsp3) is 0.267. The molecular weight excluding hydrogens is 250 g/mol. The molecule has 0 fully saturated rings. The predicted molar refractivity (Wildman–Crippen MR) is 77.7 cm³/mol. The molecule has 1 aromatic heterocycles. The Kier molecular flexibility index (Phi) is 3.45. The fourth-order valence-corrected chi connectivity index (χ4v) is 1.88. The van der Waals surface area contributed by atoms with Crippen molar-refractivity contribution in [2.45, 2.75) is 26.3 Å². The molecule has 0 amide bonds. The number of anilines is 1. The zero-order valence-electron chi connectivity index (χ0n) is 11.7. The Bertz CT molecular complexity index is 731. The molecule has 0 spiro atoms. The van der Waals surface area contributed by atoms with Crippen molar-refractivity contribution in [2.75, 3.05) is 5.32 Å². The van der Waals surface area contributed by atoms with Gasteiger partial charge in [0.25, 0.3) is 0 Å². The maximum absolute atomic E-state index is 8.67. The van der Waals surface area contributed by atoms with Crippen LogP contribution in [-0.2, 0) is 5.54 Å². The van der Waals surface area contributed by atoms with Gasteiger partial charge >= 0.3 is 0 Å². The highest BCUT2D eigenvalue weighted by Crippen LogP contribution is 2.24. The van der Waals surface area contributed by atoms with Gasteiger partial charge in [0, 0.05) is 17.4 Å². The molecule has 0 radical (unpaired) electrons. The SMILES string of the molecule is CC(C)(C)n1cnc2cc(NC=C(C#N)C#N)ccc21. The Morgan fingerprint density at radius 1 is 1.30 bits per heavy atom. The highest BCUT2D eigenvalue weighted by atomic mass is 15.1. The van der Waals surface area contributed by atoms with Crippen LogP contribution in [-0.4, -0.2) is 9.55 Å². The molecule has 2 aromatic rings. The van der Waals surface area contributed by atoms with E-state index < -0.39 is 0 Å². The summed E-state index contributed by atoms with van der Waals surface area (Å²) >= 11 is 0. The largest absolute Gasteiger partial charge is 0.360 e. The first kappa shape index (κ1) is 13.6. The van der Waals surface area contributed by atoms with Gasteiger partial charge in [-0.3, -0.25) is 0 Å². The number of imidazole rings is 1. The molecule has 0 atom stereocenters. The van der Waals surface area contributed by atoms with E-state index in [0.29, 0.717) is 0 Å². The Morgan fingerprint density at radius 2 is 2.00 bits per heavy atom. The molecule has 5 nitrogen and oxygen atoms in total. The summed E-state index contributed by atoms with van der Waals surface area (Å²) in [6.45, 7) is 6.36. The molecule has 1 aromatic carbocycles. The maximum atomic E-state index is 8.67. The van der Waals surface area contributed by atoms with Gasteiger partial charge in [0.05, 0.1) is 17.4 Å². The summed E-state index contributed by atoms with van der Waals surface area (Å²) in [7, 11) is 0. The molecule has 5 heteroatoms. The quantitative estimate of drug-likeness (QED) is 0.846. The number of benzene rings is 1. The summed E-state index contributed by atoms with van der Waals surface area (Å²) in [5.74, 6) is 0. The highest BCUT2D eigenvalue weighted by Gasteiger charge is 2.15. The van der Waals surface area contributed by atoms with Crippen molar-refractivity contribution in [2.24, 2.45) is 0 Å². The van der Waals surface area contributed by atoms with Crippen molar-refractivity contribution in [3.63, 3.8) is 0 Å². The molecule has 0 aliphatic rings. The van der Waals surface area contributed by atoms with E-state index in [9.17, 15) is 0 Å². The van der Waals surface area contributed by atoms with Crippen LogP contribution in [0.3, 0.4) is 0 Å². The van der Waals surface area contributed by atoms with E-state index in [1.807, 2.05) is 24.5 Å². The normalized spacial score (nSPS) is 10.7. The molecule has 20 heavy (non-hydrogen) atoms. The molecule has 2 rings (SSSR count). The van der Waals surface area contributed by atoms with E-state index in [1.54, 1.807) is 12.1 Å². The summed E-state index contributed by atoms with van der Waals surface area (Å²) in [5, 5.41) is 20.3. The smallest absolute Gasteiger partial charge is 0.145 e. The molecule has 0 aliphatic carbocycles. The number of hydrogen-bond acceptors (Lipinski definition) is 4. The standard InChI is InChI=1S/C15H15N5/c1-15(2,3)20-10-19-13-6-12(4-5-14(13)20)18-9-11(7-16)8-17/h4-6,9-10,18H,1-3H3. The lowest BCUT2D eigenvalue weighted by Gasteiger charge is -2.21. The predicted octanol–water partition coefficient (Wildman–Crippen LogP) is 3.13. The van der Waals surface area contributed by atoms with E-state index in [0.717, 1.165) is 16.7 Å². The van der Waals surface area contributed by atoms with Gasteiger partial charge in [-0.1, -0.05) is 0 Å². The first-order chi connectivity index (χ1) is 9.45. The number of nitriles is 2. The second-order valence-corrected chi connectivity index (χ2v) is 5.41. The van der Waals surface area contributed by atoms with E-state index >= 15 is 0 Å². The molecule has 0 bridgehead atoms. The van der Waals surface area contributed by atoms with Crippen molar-refractivity contribution < 1.29 is 0 Å². The zero-order valence-corrected chi connectivity index (χ0v) is 11.7. The highest BCUT2D eigenvalue weighted by molar-refractivity contribution is 5.80. The third-order valence-corrected chi connectivity index (χ3v) is 2.89. The Morgan fingerprint density at radius 3 is 2.60 bits per heavy atom. The summed E-state index contributed by atoms with van der Waals surface area (Å²) in [4.78, 5) is 4.39. The number of aromatic nitrogens is 2. The minimum atomic E-state index is -0.0294. The number of hydrogen-bond donors (Lipinski definition) is 1. The van der Waals surface area contributed by atoms with Gasteiger partial charge in [0.15, 0.2) is 0 Å². The van der Waals surface area contributed by atoms with Crippen LogP contribution in [0, 0.1) is 22.7 Å². The average molecular weight is 265 g/mol. The third kappa shape index (κ3) is 2.62. The molecule has 1 N–H and O–H groups in total. The van der Waals surface area contributed by atoms with Gasteiger partial charge in [-0.05, 0) is 39.0 Å². The zero-order chi connectivity index (χ0) is 14.8. The number of allylic oxidation sites excluding steroid dienone is 1.